The van der Waals surface area contributed by atoms with Crippen LogP contribution in [0.4, 0.5) is 5.69 Å². The fourth-order valence-electron chi connectivity index (χ4n) is 4.89. The number of carbonyl (C=O) groups excluding carboxylic acids is 2. The minimum atomic E-state index is -4.58. The predicted molar refractivity (Wildman–Crippen MR) is 186 cm³/mol. The van der Waals surface area contributed by atoms with Gasteiger partial charge in [0, 0.05) is 22.9 Å². The van der Waals surface area contributed by atoms with Crippen LogP contribution in [0.5, 0.6) is 11.5 Å². The molecule has 0 aliphatic rings. The molecule has 0 saturated heterocycles. The molecule has 0 spiro atoms. The zero-order valence-electron chi connectivity index (χ0n) is 25.7. The summed E-state index contributed by atoms with van der Waals surface area (Å²) in [6.07, 6.45) is -0.191. The Morgan fingerprint density at radius 2 is 1.49 bits per heavy atom. The Kier molecular flexibility index (Phi) is 11.3. The molecule has 0 radical (unpaired) electrons. The summed E-state index contributed by atoms with van der Waals surface area (Å²) in [4.78, 5) is 36.3. The molecule has 0 aliphatic heterocycles. The normalized spacial score (nSPS) is 11.8. The Labute approximate surface area is 292 Å². The molecule has 5 aromatic carbocycles. The van der Waals surface area contributed by atoms with Crippen molar-refractivity contribution in [3.8, 4) is 11.5 Å². The zero-order valence-corrected chi connectivity index (χ0v) is 28.0. The minimum absolute atomic E-state index is 0.0844. The molecule has 0 saturated carbocycles. The van der Waals surface area contributed by atoms with Gasteiger partial charge in [0.1, 0.15) is 35.8 Å². The zero-order chi connectivity index (χ0) is 35.0. The first-order chi connectivity index (χ1) is 23.5. The van der Waals surface area contributed by atoms with E-state index >= 15 is 0 Å². The molecule has 0 aromatic heterocycles. The van der Waals surface area contributed by atoms with E-state index < -0.39 is 43.4 Å². The van der Waals surface area contributed by atoms with Crippen molar-refractivity contribution >= 4 is 61.5 Å². The van der Waals surface area contributed by atoms with Gasteiger partial charge in [-0.3, -0.25) is 19.7 Å². The number of nitrogens with one attached hydrogen (secondary N) is 2. The SMILES string of the molecule is O=C(Cc1ccc(Cl)cc1)N[C@@H](Cc1ccc(OCCOc2cccc3ccccc23)cc1)C(=O)NS(=O)(=O)c1ccc(Cl)c([N+](=O)[O-])c1. The van der Waals surface area contributed by atoms with Crippen LogP contribution in [-0.4, -0.2) is 44.4 Å². The number of hydrogen-bond acceptors (Lipinski definition) is 8. The smallest absolute Gasteiger partial charge is 0.289 e. The molecule has 0 heterocycles. The van der Waals surface area contributed by atoms with Crippen LogP contribution in [-0.2, 0) is 32.5 Å². The van der Waals surface area contributed by atoms with Gasteiger partial charge < -0.3 is 14.8 Å². The van der Waals surface area contributed by atoms with Crippen molar-refractivity contribution in [3.63, 3.8) is 0 Å². The van der Waals surface area contributed by atoms with Crippen LogP contribution in [0.3, 0.4) is 0 Å². The molecule has 0 bridgehead atoms. The first-order valence-corrected chi connectivity index (χ1v) is 17.1. The van der Waals surface area contributed by atoms with Crippen LogP contribution in [0, 0.1) is 10.1 Å². The van der Waals surface area contributed by atoms with Gasteiger partial charge in [-0.15, -0.1) is 0 Å². The summed E-state index contributed by atoms with van der Waals surface area (Å²) in [5.41, 5.74) is 0.561. The Morgan fingerprint density at radius 3 is 2.22 bits per heavy atom. The molecule has 1 atom stereocenters. The second-order valence-corrected chi connectivity index (χ2v) is 13.3. The van der Waals surface area contributed by atoms with Gasteiger partial charge in [0.15, 0.2) is 0 Å². The van der Waals surface area contributed by atoms with E-state index in [0.29, 0.717) is 28.5 Å². The highest BCUT2D eigenvalue weighted by molar-refractivity contribution is 7.90. The van der Waals surface area contributed by atoms with E-state index in [1.165, 1.54) is 0 Å². The first-order valence-electron chi connectivity index (χ1n) is 14.9. The van der Waals surface area contributed by atoms with Crippen molar-refractivity contribution in [2.75, 3.05) is 13.2 Å². The third kappa shape index (κ3) is 9.47. The van der Waals surface area contributed by atoms with E-state index in [1.54, 1.807) is 48.5 Å². The lowest BCUT2D eigenvalue weighted by Crippen LogP contribution is -2.49. The van der Waals surface area contributed by atoms with Crippen molar-refractivity contribution in [2.45, 2.75) is 23.8 Å². The minimum Gasteiger partial charge on any atom is -0.490 e. The monoisotopic (exact) mass is 721 g/mol. The maximum absolute atomic E-state index is 13.4. The highest BCUT2D eigenvalue weighted by Gasteiger charge is 2.28. The van der Waals surface area contributed by atoms with E-state index in [-0.39, 0.29) is 24.5 Å². The molecule has 2 amide bonds. The van der Waals surface area contributed by atoms with Gasteiger partial charge in [0.05, 0.1) is 16.2 Å². The summed E-state index contributed by atoms with van der Waals surface area (Å²) in [5, 5.41) is 16.2. The molecule has 0 aliphatic carbocycles. The third-order valence-corrected chi connectivity index (χ3v) is 9.23. The quantitative estimate of drug-likeness (QED) is 0.0771. The fraction of sp³-hybridized carbons (Fsp3) is 0.143. The number of carbonyl (C=O) groups is 2. The van der Waals surface area contributed by atoms with Crippen molar-refractivity contribution < 1.29 is 32.4 Å². The molecule has 5 rings (SSSR count). The molecule has 0 unspecified atom stereocenters. The lowest BCUT2D eigenvalue weighted by atomic mass is 10.0. The molecule has 5 aromatic rings. The molecule has 14 heteroatoms. The largest absolute Gasteiger partial charge is 0.490 e. The summed E-state index contributed by atoms with van der Waals surface area (Å²) >= 11 is 11.8. The standard InChI is InChI=1S/C35H29Cl2N3O8S/c36-26-12-8-24(9-13-26)21-34(41)38-31(35(42)39-49(45,46)28-16-17-30(37)32(22-28)40(43)44)20-23-10-14-27(15-11-23)47-18-19-48-33-7-3-5-25-4-1-2-6-29(25)33/h1-17,22,31H,18-21H2,(H,38,41)(H,39,42)/t31-/m0/s1. The maximum Gasteiger partial charge on any atom is 0.289 e. The topological polar surface area (TPSA) is 154 Å². The number of amides is 2. The predicted octanol–water partition coefficient (Wildman–Crippen LogP) is 6.29. The van der Waals surface area contributed by atoms with Gasteiger partial charge in [-0.05, 0) is 59.0 Å². The summed E-state index contributed by atoms with van der Waals surface area (Å²) in [5.74, 6) is -0.318. The van der Waals surface area contributed by atoms with Crippen LogP contribution >= 0.6 is 23.2 Å². The van der Waals surface area contributed by atoms with E-state index in [9.17, 15) is 28.1 Å². The average molecular weight is 723 g/mol. The number of sulfonamides is 1. The number of hydrogen-bond donors (Lipinski definition) is 2. The second-order valence-electron chi connectivity index (χ2n) is 10.8. The van der Waals surface area contributed by atoms with Gasteiger partial charge >= 0.3 is 0 Å². The Balaban J connectivity index is 1.25. The van der Waals surface area contributed by atoms with Crippen LogP contribution in [0.15, 0.2) is 114 Å². The molecule has 49 heavy (non-hydrogen) atoms. The van der Waals surface area contributed by atoms with Crippen molar-refractivity contribution in [3.05, 3.63) is 140 Å². The molecule has 2 N–H and O–H groups in total. The number of rotatable bonds is 14. The maximum atomic E-state index is 13.4. The van der Waals surface area contributed by atoms with Gasteiger partial charge in [-0.2, -0.15) is 0 Å². The number of halogens is 2. The van der Waals surface area contributed by atoms with E-state index in [4.69, 9.17) is 32.7 Å². The molecular formula is C35H29Cl2N3O8S. The fourth-order valence-corrected chi connectivity index (χ4v) is 6.25. The number of nitrogens with zero attached hydrogens (tertiary/aromatic N) is 1. The molecule has 252 valence electrons. The van der Waals surface area contributed by atoms with Crippen molar-refractivity contribution in [1.29, 1.82) is 0 Å². The Morgan fingerprint density at radius 1 is 0.816 bits per heavy atom. The summed E-state index contributed by atoms with van der Waals surface area (Å²) in [7, 11) is -4.58. The van der Waals surface area contributed by atoms with Gasteiger partial charge in [0.25, 0.3) is 21.6 Å². The number of fused-ring (bicyclic) bond motifs is 1. The van der Waals surface area contributed by atoms with Gasteiger partial charge in [-0.25, -0.2) is 13.1 Å². The average Bonchev–Trinajstić information content (AvgIpc) is 3.08. The van der Waals surface area contributed by atoms with Crippen LogP contribution < -0.4 is 19.5 Å². The Hall–Kier alpha value is -5.17. The summed E-state index contributed by atoms with van der Waals surface area (Å²) in [6.45, 7) is 0.554. The summed E-state index contributed by atoms with van der Waals surface area (Å²) in [6, 6.07) is 28.5. The lowest BCUT2D eigenvalue weighted by molar-refractivity contribution is -0.384. The number of nitro benzene ring substituents is 1. The van der Waals surface area contributed by atoms with E-state index in [1.807, 2.05) is 47.2 Å². The van der Waals surface area contributed by atoms with Crippen LogP contribution in [0.2, 0.25) is 10.0 Å². The van der Waals surface area contributed by atoms with E-state index in [2.05, 4.69) is 5.32 Å². The van der Waals surface area contributed by atoms with E-state index in [0.717, 1.165) is 34.7 Å². The van der Waals surface area contributed by atoms with Gasteiger partial charge in [-0.1, -0.05) is 83.9 Å². The van der Waals surface area contributed by atoms with Crippen LogP contribution in [0.1, 0.15) is 11.1 Å². The third-order valence-electron chi connectivity index (χ3n) is 7.31. The van der Waals surface area contributed by atoms with Crippen molar-refractivity contribution in [2.24, 2.45) is 0 Å². The number of benzene rings is 5. The number of ether oxygens (including phenoxy) is 2. The highest BCUT2D eigenvalue weighted by Crippen LogP contribution is 2.27. The van der Waals surface area contributed by atoms with Crippen molar-refractivity contribution in [1.82, 2.24) is 10.0 Å². The molecular weight excluding hydrogens is 693 g/mol. The molecule has 0 fully saturated rings. The van der Waals surface area contributed by atoms with Gasteiger partial charge in [0.2, 0.25) is 5.91 Å². The Bertz CT molecular complexity index is 2090. The number of nitro groups is 1. The lowest BCUT2D eigenvalue weighted by Gasteiger charge is -2.19. The van der Waals surface area contributed by atoms with Crippen LogP contribution in [0.25, 0.3) is 10.8 Å². The second kappa shape index (κ2) is 15.8. The first kappa shape index (κ1) is 35.1. The summed E-state index contributed by atoms with van der Waals surface area (Å²) < 4.78 is 39.8. The molecule has 11 nitrogen and oxygen atoms in total. The highest BCUT2D eigenvalue weighted by atomic mass is 35.5.